The van der Waals surface area contributed by atoms with Gasteiger partial charge in [-0.1, -0.05) is 25.1 Å². The third-order valence-corrected chi connectivity index (χ3v) is 3.20. The van der Waals surface area contributed by atoms with Gasteiger partial charge in [0.15, 0.2) is 0 Å². The molecule has 1 rings (SSSR count). The number of ether oxygens (including phenoxy) is 1. The SMILES string of the molecule is CCCCN1C(=O)CS/C1=C\C(=O)OCC. The van der Waals surface area contributed by atoms with Gasteiger partial charge in [0.05, 0.1) is 23.5 Å². The molecule has 0 aliphatic carbocycles. The maximum atomic E-state index is 11.5. The van der Waals surface area contributed by atoms with Crippen molar-refractivity contribution in [1.82, 2.24) is 4.90 Å². The van der Waals surface area contributed by atoms with Crippen LogP contribution in [0.5, 0.6) is 0 Å². The van der Waals surface area contributed by atoms with Crippen LogP contribution in [0.15, 0.2) is 11.1 Å². The van der Waals surface area contributed by atoms with Crippen molar-refractivity contribution in [2.75, 3.05) is 18.9 Å². The van der Waals surface area contributed by atoms with Crippen LogP contribution in [-0.2, 0) is 14.3 Å². The fourth-order valence-electron chi connectivity index (χ4n) is 1.37. The Morgan fingerprint density at radius 1 is 1.56 bits per heavy atom. The Hall–Kier alpha value is -0.970. The lowest BCUT2D eigenvalue weighted by Crippen LogP contribution is -2.26. The van der Waals surface area contributed by atoms with Gasteiger partial charge >= 0.3 is 5.97 Å². The molecule has 0 N–H and O–H groups in total. The molecule has 0 spiro atoms. The molecule has 0 radical (unpaired) electrons. The maximum Gasteiger partial charge on any atom is 0.333 e. The van der Waals surface area contributed by atoms with E-state index in [0.717, 1.165) is 17.9 Å². The Bertz CT molecular complexity index is 302. The van der Waals surface area contributed by atoms with E-state index < -0.39 is 0 Å². The number of hydrogen-bond donors (Lipinski definition) is 0. The van der Waals surface area contributed by atoms with Gasteiger partial charge in [-0.15, -0.1) is 0 Å². The molecule has 0 aromatic carbocycles. The highest BCUT2D eigenvalue weighted by atomic mass is 32.2. The lowest BCUT2D eigenvalue weighted by molar-refractivity contribution is -0.137. The second kappa shape index (κ2) is 6.58. The van der Waals surface area contributed by atoms with Gasteiger partial charge in [0.25, 0.3) is 0 Å². The first-order chi connectivity index (χ1) is 7.69. The summed E-state index contributed by atoms with van der Waals surface area (Å²) in [5.74, 6) is 0.129. The predicted octanol–water partition coefficient (Wildman–Crippen LogP) is 1.77. The molecule has 0 aromatic rings. The molecule has 1 saturated heterocycles. The summed E-state index contributed by atoms with van der Waals surface area (Å²) in [7, 11) is 0. The zero-order valence-electron chi connectivity index (χ0n) is 9.69. The second-order valence-electron chi connectivity index (χ2n) is 3.42. The summed E-state index contributed by atoms with van der Waals surface area (Å²) in [6.07, 6.45) is 3.39. The molecule has 0 aromatic heterocycles. The summed E-state index contributed by atoms with van der Waals surface area (Å²) in [5, 5.41) is 0.719. The van der Waals surface area contributed by atoms with Crippen LogP contribution in [0.2, 0.25) is 0 Å². The molecule has 4 nitrogen and oxygen atoms in total. The van der Waals surface area contributed by atoms with Gasteiger partial charge in [-0.2, -0.15) is 0 Å². The van der Waals surface area contributed by atoms with Crippen LogP contribution in [0, 0.1) is 0 Å². The van der Waals surface area contributed by atoms with E-state index in [2.05, 4.69) is 6.92 Å². The lowest BCUT2D eigenvalue weighted by Gasteiger charge is -2.15. The van der Waals surface area contributed by atoms with Gasteiger partial charge in [0, 0.05) is 6.54 Å². The fraction of sp³-hybridized carbons (Fsp3) is 0.636. The van der Waals surface area contributed by atoms with Crippen molar-refractivity contribution in [3.8, 4) is 0 Å². The standard InChI is InChI=1S/C11H17NO3S/c1-3-5-6-12-9(13)8-16-10(12)7-11(14)15-4-2/h7H,3-6,8H2,1-2H3/b10-7-. The highest BCUT2D eigenvalue weighted by Crippen LogP contribution is 2.28. The monoisotopic (exact) mass is 243 g/mol. The second-order valence-corrected chi connectivity index (χ2v) is 4.42. The van der Waals surface area contributed by atoms with E-state index in [9.17, 15) is 9.59 Å². The molecular formula is C11H17NO3S. The van der Waals surface area contributed by atoms with Crippen molar-refractivity contribution in [2.24, 2.45) is 0 Å². The predicted molar refractivity (Wildman–Crippen MR) is 63.8 cm³/mol. The highest BCUT2D eigenvalue weighted by molar-refractivity contribution is 8.04. The average molecular weight is 243 g/mol. The molecule has 1 aliphatic heterocycles. The van der Waals surface area contributed by atoms with Crippen molar-refractivity contribution in [3.05, 3.63) is 11.1 Å². The Balaban J connectivity index is 2.63. The number of rotatable bonds is 5. The Labute approximate surface area is 100 Å². The van der Waals surface area contributed by atoms with Gasteiger partial charge in [-0.05, 0) is 13.3 Å². The summed E-state index contributed by atoms with van der Waals surface area (Å²) in [6.45, 7) is 4.88. The third kappa shape index (κ3) is 3.56. The quantitative estimate of drug-likeness (QED) is 0.545. The van der Waals surface area contributed by atoms with Crippen molar-refractivity contribution in [3.63, 3.8) is 0 Å². The van der Waals surface area contributed by atoms with Gasteiger partial charge in [0.1, 0.15) is 0 Å². The molecule has 5 heteroatoms. The zero-order valence-corrected chi connectivity index (χ0v) is 10.5. The molecular weight excluding hydrogens is 226 g/mol. The number of esters is 1. The first kappa shape index (κ1) is 13.1. The molecule has 1 fully saturated rings. The first-order valence-corrected chi connectivity index (χ1v) is 6.49. The Morgan fingerprint density at radius 3 is 2.94 bits per heavy atom. The van der Waals surface area contributed by atoms with E-state index in [1.807, 2.05) is 0 Å². The van der Waals surface area contributed by atoms with E-state index in [4.69, 9.17) is 4.74 Å². The van der Waals surface area contributed by atoms with E-state index in [1.165, 1.54) is 17.8 Å². The maximum absolute atomic E-state index is 11.5. The number of unbranched alkanes of at least 4 members (excludes halogenated alkanes) is 1. The van der Waals surface area contributed by atoms with E-state index >= 15 is 0 Å². The third-order valence-electron chi connectivity index (χ3n) is 2.17. The highest BCUT2D eigenvalue weighted by Gasteiger charge is 2.26. The molecule has 1 aliphatic rings. The molecule has 0 saturated carbocycles. The molecule has 0 bridgehead atoms. The van der Waals surface area contributed by atoms with E-state index in [0.29, 0.717) is 18.9 Å². The number of amides is 1. The van der Waals surface area contributed by atoms with Crippen LogP contribution in [0.3, 0.4) is 0 Å². The smallest absolute Gasteiger partial charge is 0.333 e. The Kier molecular flexibility index (Phi) is 5.38. The molecule has 16 heavy (non-hydrogen) atoms. The molecule has 90 valence electrons. The summed E-state index contributed by atoms with van der Waals surface area (Å²) >= 11 is 1.40. The number of nitrogens with zero attached hydrogens (tertiary/aromatic N) is 1. The van der Waals surface area contributed by atoms with Crippen molar-refractivity contribution < 1.29 is 14.3 Å². The van der Waals surface area contributed by atoms with Crippen LogP contribution < -0.4 is 0 Å². The van der Waals surface area contributed by atoms with Crippen LogP contribution in [0.1, 0.15) is 26.7 Å². The van der Waals surface area contributed by atoms with Crippen molar-refractivity contribution in [2.45, 2.75) is 26.7 Å². The molecule has 1 amide bonds. The molecule has 1 heterocycles. The number of carbonyl (C=O) groups is 2. The summed E-state index contributed by atoms with van der Waals surface area (Å²) < 4.78 is 4.83. The molecule has 0 atom stereocenters. The van der Waals surface area contributed by atoms with Crippen LogP contribution in [0.25, 0.3) is 0 Å². The van der Waals surface area contributed by atoms with Crippen LogP contribution in [-0.4, -0.2) is 35.7 Å². The number of hydrogen-bond acceptors (Lipinski definition) is 4. The number of carbonyl (C=O) groups excluding carboxylic acids is 2. The van der Waals surface area contributed by atoms with Crippen molar-refractivity contribution in [1.29, 1.82) is 0 Å². The minimum atomic E-state index is -0.374. The zero-order chi connectivity index (χ0) is 12.0. The van der Waals surface area contributed by atoms with Crippen LogP contribution in [0.4, 0.5) is 0 Å². The summed E-state index contributed by atoms with van der Waals surface area (Å²) in [4.78, 5) is 24.5. The Morgan fingerprint density at radius 2 is 2.31 bits per heavy atom. The lowest BCUT2D eigenvalue weighted by atomic mass is 10.3. The minimum absolute atomic E-state index is 0.0778. The number of thioether (sulfide) groups is 1. The van der Waals surface area contributed by atoms with Gasteiger partial charge in [0.2, 0.25) is 5.91 Å². The molecule has 0 unspecified atom stereocenters. The van der Waals surface area contributed by atoms with Gasteiger partial charge in [-0.3, -0.25) is 4.79 Å². The summed E-state index contributed by atoms with van der Waals surface area (Å²) in [5.41, 5.74) is 0. The summed E-state index contributed by atoms with van der Waals surface area (Å²) in [6, 6.07) is 0. The topological polar surface area (TPSA) is 46.6 Å². The van der Waals surface area contributed by atoms with Gasteiger partial charge in [-0.25, -0.2) is 4.79 Å². The van der Waals surface area contributed by atoms with Gasteiger partial charge < -0.3 is 9.64 Å². The van der Waals surface area contributed by atoms with E-state index in [1.54, 1.807) is 11.8 Å². The van der Waals surface area contributed by atoms with Crippen LogP contribution >= 0.6 is 11.8 Å². The largest absolute Gasteiger partial charge is 0.463 e. The first-order valence-electron chi connectivity index (χ1n) is 5.50. The average Bonchev–Trinajstić information content (AvgIpc) is 2.57. The van der Waals surface area contributed by atoms with Crippen molar-refractivity contribution >= 4 is 23.6 Å². The fourth-order valence-corrected chi connectivity index (χ4v) is 2.33. The van der Waals surface area contributed by atoms with E-state index in [-0.39, 0.29) is 11.9 Å². The minimum Gasteiger partial charge on any atom is -0.463 e. The normalized spacial score (nSPS) is 18.2.